The number of rotatable bonds is 7. The van der Waals surface area contributed by atoms with Crippen LogP contribution < -0.4 is 10.2 Å². The third-order valence-electron chi connectivity index (χ3n) is 4.94. The van der Waals surface area contributed by atoms with Crippen LogP contribution in [0.3, 0.4) is 0 Å². The number of anilines is 2. The molecule has 1 aromatic carbocycles. The Balaban J connectivity index is 1.43. The Bertz CT molecular complexity index is 874. The van der Waals surface area contributed by atoms with Gasteiger partial charge in [0.2, 0.25) is 11.9 Å². The van der Waals surface area contributed by atoms with E-state index < -0.39 is 4.92 Å². The highest BCUT2D eigenvalue weighted by atomic mass is 32.2. The Morgan fingerprint density at radius 3 is 2.54 bits per heavy atom. The average Bonchev–Trinajstić information content (AvgIpc) is 3.20. The minimum atomic E-state index is -0.466. The van der Waals surface area contributed by atoms with E-state index in [1.807, 2.05) is 6.92 Å². The second-order valence-corrected chi connectivity index (χ2v) is 8.44. The summed E-state index contributed by atoms with van der Waals surface area (Å²) in [7, 11) is 0. The smallest absolute Gasteiger partial charge is 0.269 e. The van der Waals surface area contributed by atoms with E-state index in [9.17, 15) is 14.9 Å². The summed E-state index contributed by atoms with van der Waals surface area (Å²) in [4.78, 5) is 25.1. The summed E-state index contributed by atoms with van der Waals surface area (Å²) in [5, 5.41) is 22.7. The quantitative estimate of drug-likeness (QED) is 0.430. The van der Waals surface area contributed by atoms with E-state index in [2.05, 4.69) is 25.0 Å². The molecule has 1 aliphatic carbocycles. The second-order valence-electron chi connectivity index (χ2n) is 7.13. The van der Waals surface area contributed by atoms with Crippen molar-refractivity contribution >= 4 is 35.0 Å². The third-order valence-corrected chi connectivity index (χ3v) is 6.00. The lowest BCUT2D eigenvalue weighted by atomic mass is 10.3. The molecule has 0 bridgehead atoms. The van der Waals surface area contributed by atoms with Gasteiger partial charge < -0.3 is 10.2 Å². The van der Waals surface area contributed by atoms with Crippen molar-refractivity contribution in [1.29, 1.82) is 0 Å². The minimum Gasteiger partial charge on any atom is -0.341 e. The van der Waals surface area contributed by atoms with Crippen molar-refractivity contribution in [3.05, 3.63) is 34.4 Å². The van der Waals surface area contributed by atoms with Crippen molar-refractivity contribution in [1.82, 2.24) is 14.8 Å². The number of nitro benzene ring substituents is 1. The SMILES string of the molecule is CC(Sc1nnc(N2CCCC2)n1C1CC1)C(=O)Nc1ccc([N+](=O)[O-])cc1. The molecule has 2 aliphatic rings. The van der Waals surface area contributed by atoms with Gasteiger partial charge in [-0.2, -0.15) is 0 Å². The van der Waals surface area contributed by atoms with Gasteiger partial charge in [0.15, 0.2) is 5.16 Å². The Morgan fingerprint density at radius 1 is 1.25 bits per heavy atom. The van der Waals surface area contributed by atoms with Gasteiger partial charge in [-0.05, 0) is 44.7 Å². The number of thioether (sulfide) groups is 1. The van der Waals surface area contributed by atoms with Gasteiger partial charge in [-0.25, -0.2) is 0 Å². The summed E-state index contributed by atoms with van der Waals surface area (Å²) in [6, 6.07) is 6.24. The lowest BCUT2D eigenvalue weighted by Crippen LogP contribution is -2.24. The van der Waals surface area contributed by atoms with Crippen LogP contribution in [0.5, 0.6) is 0 Å². The monoisotopic (exact) mass is 402 g/mol. The lowest BCUT2D eigenvalue weighted by Gasteiger charge is -2.18. The summed E-state index contributed by atoms with van der Waals surface area (Å²) in [5.74, 6) is 0.748. The van der Waals surface area contributed by atoms with Crippen LogP contribution in [0.2, 0.25) is 0 Å². The number of non-ortho nitro benzene ring substituents is 1. The maximum absolute atomic E-state index is 12.6. The van der Waals surface area contributed by atoms with E-state index in [4.69, 9.17) is 0 Å². The number of nitrogens with one attached hydrogen (secondary N) is 1. The molecule has 1 N–H and O–H groups in total. The Morgan fingerprint density at radius 2 is 1.93 bits per heavy atom. The number of aromatic nitrogens is 3. The fraction of sp³-hybridized carbons (Fsp3) is 0.500. The van der Waals surface area contributed by atoms with E-state index in [1.165, 1.54) is 48.9 Å². The molecular weight excluding hydrogens is 380 g/mol. The Hall–Kier alpha value is -2.62. The van der Waals surface area contributed by atoms with Gasteiger partial charge in [0.05, 0.1) is 10.2 Å². The molecular formula is C18H22N6O3S. The van der Waals surface area contributed by atoms with Gasteiger partial charge >= 0.3 is 0 Å². The van der Waals surface area contributed by atoms with Gasteiger partial charge in [-0.15, -0.1) is 10.2 Å². The molecule has 0 spiro atoms. The number of nitro groups is 1. The number of carbonyl (C=O) groups is 1. The van der Waals surface area contributed by atoms with Crippen LogP contribution in [0.25, 0.3) is 0 Å². The van der Waals surface area contributed by atoms with Crippen molar-refractivity contribution in [3.8, 4) is 0 Å². The van der Waals surface area contributed by atoms with Gasteiger partial charge in [-0.3, -0.25) is 19.5 Å². The van der Waals surface area contributed by atoms with Crippen LogP contribution in [0.4, 0.5) is 17.3 Å². The van der Waals surface area contributed by atoms with Crippen LogP contribution in [0.1, 0.15) is 38.6 Å². The van der Waals surface area contributed by atoms with Crippen LogP contribution in [-0.4, -0.2) is 43.9 Å². The van der Waals surface area contributed by atoms with E-state index >= 15 is 0 Å². The Labute approximate surface area is 166 Å². The van der Waals surface area contributed by atoms with Gasteiger partial charge in [0, 0.05) is 37.0 Å². The molecule has 9 nitrogen and oxygen atoms in total. The molecule has 1 aliphatic heterocycles. The number of hydrogen-bond acceptors (Lipinski definition) is 7. The fourth-order valence-corrected chi connectivity index (χ4v) is 4.17. The number of amides is 1. The lowest BCUT2D eigenvalue weighted by molar-refractivity contribution is -0.384. The molecule has 0 radical (unpaired) electrons. The Kier molecular flexibility index (Phi) is 5.21. The molecule has 1 amide bonds. The van der Waals surface area contributed by atoms with Gasteiger partial charge in [-0.1, -0.05) is 11.8 Å². The molecule has 1 saturated carbocycles. The van der Waals surface area contributed by atoms with E-state index in [-0.39, 0.29) is 16.8 Å². The highest BCUT2D eigenvalue weighted by Gasteiger charge is 2.33. The van der Waals surface area contributed by atoms with Crippen LogP contribution >= 0.6 is 11.8 Å². The van der Waals surface area contributed by atoms with Crippen molar-refractivity contribution in [2.75, 3.05) is 23.3 Å². The zero-order chi connectivity index (χ0) is 19.7. The third kappa shape index (κ3) is 3.96. The summed E-state index contributed by atoms with van der Waals surface area (Å²) in [5.41, 5.74) is 0.525. The van der Waals surface area contributed by atoms with Crippen molar-refractivity contribution in [3.63, 3.8) is 0 Å². The van der Waals surface area contributed by atoms with Crippen LogP contribution in [0.15, 0.2) is 29.4 Å². The molecule has 2 aromatic rings. The predicted molar refractivity (Wildman–Crippen MR) is 107 cm³/mol. The van der Waals surface area contributed by atoms with Crippen molar-refractivity contribution in [2.45, 2.75) is 49.1 Å². The van der Waals surface area contributed by atoms with E-state index in [1.54, 1.807) is 0 Å². The molecule has 1 unspecified atom stereocenters. The highest BCUT2D eigenvalue weighted by Crippen LogP contribution is 2.42. The van der Waals surface area contributed by atoms with Crippen molar-refractivity contribution < 1.29 is 9.72 Å². The fourth-order valence-electron chi connectivity index (χ4n) is 3.26. The first-order valence-electron chi connectivity index (χ1n) is 9.45. The first-order valence-corrected chi connectivity index (χ1v) is 10.3. The van der Waals surface area contributed by atoms with Crippen molar-refractivity contribution in [2.24, 2.45) is 0 Å². The van der Waals surface area contributed by atoms with Crippen LogP contribution in [-0.2, 0) is 4.79 Å². The molecule has 148 valence electrons. The maximum atomic E-state index is 12.6. The zero-order valence-corrected chi connectivity index (χ0v) is 16.4. The first kappa shape index (κ1) is 18.7. The van der Waals surface area contributed by atoms with Gasteiger partial charge in [0.25, 0.3) is 5.69 Å². The molecule has 1 saturated heterocycles. The standard InChI is InChI=1S/C18H22N6O3S/c1-12(16(25)19-13-4-6-15(7-5-13)24(26)27)28-18-21-20-17(22-10-2-3-11-22)23(18)14-8-9-14/h4-7,12,14H,2-3,8-11H2,1H3,(H,19,25). The molecule has 1 atom stereocenters. The molecule has 10 heteroatoms. The molecule has 2 fully saturated rings. The number of carbonyl (C=O) groups excluding carboxylic acids is 1. The van der Waals surface area contributed by atoms with E-state index in [0.717, 1.165) is 37.0 Å². The number of benzene rings is 1. The molecule has 28 heavy (non-hydrogen) atoms. The largest absolute Gasteiger partial charge is 0.341 e. The summed E-state index contributed by atoms with van der Waals surface area (Å²) < 4.78 is 2.19. The van der Waals surface area contributed by atoms with Crippen LogP contribution in [0, 0.1) is 10.1 Å². The normalized spacial score (nSPS) is 17.5. The topological polar surface area (TPSA) is 106 Å². The first-order chi connectivity index (χ1) is 13.5. The summed E-state index contributed by atoms with van der Waals surface area (Å²) >= 11 is 1.40. The summed E-state index contributed by atoms with van der Waals surface area (Å²) in [6.45, 7) is 3.84. The molecule has 4 rings (SSSR count). The van der Waals surface area contributed by atoms with E-state index in [0.29, 0.717) is 11.7 Å². The molecule has 2 heterocycles. The molecule has 1 aromatic heterocycles. The maximum Gasteiger partial charge on any atom is 0.269 e. The van der Waals surface area contributed by atoms with Gasteiger partial charge in [0.1, 0.15) is 0 Å². The highest BCUT2D eigenvalue weighted by molar-refractivity contribution is 8.00. The average molecular weight is 402 g/mol. The predicted octanol–water partition coefficient (Wildman–Crippen LogP) is 3.24. The second kappa shape index (κ2) is 7.78. The number of nitrogens with zero attached hydrogens (tertiary/aromatic N) is 5. The summed E-state index contributed by atoms with van der Waals surface area (Å²) in [6.07, 6.45) is 4.59. The minimum absolute atomic E-state index is 0.00704. The zero-order valence-electron chi connectivity index (χ0n) is 15.6. The number of hydrogen-bond donors (Lipinski definition) is 1.